The van der Waals surface area contributed by atoms with Gasteiger partial charge < -0.3 is 5.11 Å². The Hall–Kier alpha value is -1.49. The molecule has 0 saturated heterocycles. The number of benzene rings is 1. The van der Waals surface area contributed by atoms with Gasteiger partial charge in [-0.15, -0.1) is 0 Å². The lowest BCUT2D eigenvalue weighted by Crippen LogP contribution is -2.06. The number of hydrogen-bond donors (Lipinski definition) is 1. The van der Waals surface area contributed by atoms with Crippen molar-refractivity contribution >= 4 is 22.5 Å². The van der Waals surface area contributed by atoms with Crippen molar-refractivity contribution in [2.45, 2.75) is 6.18 Å². The van der Waals surface area contributed by atoms with Gasteiger partial charge in [0.05, 0.1) is 11.1 Å². The first-order valence-electron chi connectivity index (χ1n) is 4.24. The number of aromatic hydroxyl groups is 1. The fourth-order valence-corrected chi connectivity index (χ4v) is 1.62. The van der Waals surface area contributed by atoms with Gasteiger partial charge in [-0.25, -0.2) is 4.98 Å². The van der Waals surface area contributed by atoms with E-state index in [1.165, 1.54) is 12.1 Å². The molecule has 0 bridgehead atoms. The number of pyridine rings is 1. The number of phenols is 1. The maximum absolute atomic E-state index is 12.7. The van der Waals surface area contributed by atoms with Crippen molar-refractivity contribution in [2.24, 2.45) is 0 Å². The monoisotopic (exact) mass is 247 g/mol. The van der Waals surface area contributed by atoms with E-state index in [4.69, 9.17) is 16.7 Å². The highest BCUT2D eigenvalue weighted by atomic mass is 35.5. The Morgan fingerprint density at radius 2 is 1.88 bits per heavy atom. The first-order valence-corrected chi connectivity index (χ1v) is 4.62. The van der Waals surface area contributed by atoms with E-state index in [-0.39, 0.29) is 21.8 Å². The summed E-state index contributed by atoms with van der Waals surface area (Å²) in [5.41, 5.74) is -0.809. The van der Waals surface area contributed by atoms with Crippen LogP contribution in [0.15, 0.2) is 24.3 Å². The summed E-state index contributed by atoms with van der Waals surface area (Å²) in [6, 6.07) is 4.29. The molecular formula is C10H5ClF3NO. The van der Waals surface area contributed by atoms with Gasteiger partial charge in [0, 0.05) is 5.39 Å². The van der Waals surface area contributed by atoms with Crippen LogP contribution in [0.3, 0.4) is 0 Å². The largest absolute Gasteiger partial charge is 0.508 e. The van der Waals surface area contributed by atoms with Crippen molar-refractivity contribution in [3.63, 3.8) is 0 Å². The van der Waals surface area contributed by atoms with Crippen LogP contribution in [0.5, 0.6) is 5.75 Å². The highest BCUT2D eigenvalue weighted by Crippen LogP contribution is 2.36. The molecule has 16 heavy (non-hydrogen) atoms. The minimum Gasteiger partial charge on any atom is -0.508 e. The van der Waals surface area contributed by atoms with Crippen molar-refractivity contribution in [2.75, 3.05) is 0 Å². The van der Waals surface area contributed by atoms with Gasteiger partial charge in [0.2, 0.25) is 0 Å². The normalized spacial score (nSPS) is 12.0. The second-order valence-corrected chi connectivity index (χ2v) is 3.58. The predicted molar refractivity (Wildman–Crippen MR) is 53.4 cm³/mol. The summed E-state index contributed by atoms with van der Waals surface area (Å²) < 4.78 is 38.0. The summed E-state index contributed by atoms with van der Waals surface area (Å²) in [6.07, 6.45) is -4.53. The van der Waals surface area contributed by atoms with E-state index in [0.717, 1.165) is 12.1 Å². The number of phenolic OH excluding ortho intramolecular Hbond substituents is 1. The van der Waals surface area contributed by atoms with Gasteiger partial charge >= 0.3 is 6.18 Å². The Bertz CT molecular complexity index is 553. The van der Waals surface area contributed by atoms with E-state index in [0.29, 0.717) is 0 Å². The molecule has 2 nitrogen and oxygen atoms in total. The van der Waals surface area contributed by atoms with Gasteiger partial charge in [-0.05, 0) is 24.3 Å². The Morgan fingerprint density at radius 1 is 1.19 bits per heavy atom. The Balaban J connectivity index is 2.85. The summed E-state index contributed by atoms with van der Waals surface area (Å²) in [5.74, 6) is -0.248. The van der Waals surface area contributed by atoms with Crippen molar-refractivity contribution in [1.29, 1.82) is 0 Å². The lowest BCUT2D eigenvalue weighted by molar-refractivity contribution is -0.136. The topological polar surface area (TPSA) is 33.1 Å². The highest BCUT2D eigenvalue weighted by molar-refractivity contribution is 6.30. The molecule has 0 radical (unpaired) electrons. The van der Waals surface area contributed by atoms with Crippen LogP contribution >= 0.6 is 11.6 Å². The van der Waals surface area contributed by atoms with Crippen LogP contribution in [0.1, 0.15) is 5.56 Å². The van der Waals surface area contributed by atoms with Gasteiger partial charge in [-0.3, -0.25) is 0 Å². The number of hydrogen-bond acceptors (Lipinski definition) is 2. The highest BCUT2D eigenvalue weighted by Gasteiger charge is 2.33. The number of nitrogens with zero attached hydrogens (tertiary/aromatic N) is 1. The molecule has 0 aliphatic carbocycles. The molecule has 1 aromatic heterocycles. The predicted octanol–water partition coefficient (Wildman–Crippen LogP) is 3.61. The van der Waals surface area contributed by atoms with Crippen LogP contribution in [0.25, 0.3) is 10.9 Å². The van der Waals surface area contributed by atoms with Gasteiger partial charge in [0.25, 0.3) is 0 Å². The zero-order valence-electron chi connectivity index (χ0n) is 7.72. The van der Waals surface area contributed by atoms with Crippen LogP contribution in [-0.2, 0) is 6.18 Å². The number of alkyl halides is 3. The van der Waals surface area contributed by atoms with E-state index < -0.39 is 11.7 Å². The van der Waals surface area contributed by atoms with Crippen molar-refractivity contribution in [3.05, 3.63) is 35.0 Å². The fourth-order valence-electron chi connectivity index (χ4n) is 1.42. The van der Waals surface area contributed by atoms with Crippen LogP contribution in [0.2, 0.25) is 5.15 Å². The number of aromatic nitrogens is 1. The fraction of sp³-hybridized carbons (Fsp3) is 0.100. The Kier molecular flexibility index (Phi) is 2.42. The molecule has 1 heterocycles. The molecule has 0 unspecified atom stereocenters. The quantitative estimate of drug-likeness (QED) is 0.722. The third kappa shape index (κ3) is 1.90. The summed E-state index contributed by atoms with van der Waals surface area (Å²) in [5, 5.41) is 8.76. The smallest absolute Gasteiger partial charge is 0.417 e. The molecule has 6 heteroatoms. The minimum absolute atomic E-state index is 0.0950. The molecule has 2 rings (SSSR count). The van der Waals surface area contributed by atoms with Crippen molar-refractivity contribution < 1.29 is 18.3 Å². The second-order valence-electron chi connectivity index (χ2n) is 3.19. The molecule has 0 fully saturated rings. The van der Waals surface area contributed by atoms with E-state index in [2.05, 4.69) is 4.98 Å². The summed E-state index contributed by atoms with van der Waals surface area (Å²) in [4.78, 5) is 3.75. The Morgan fingerprint density at radius 3 is 2.50 bits per heavy atom. The molecule has 2 aromatic rings. The molecule has 0 aliphatic heterocycles. The molecule has 0 atom stereocenters. The average Bonchev–Trinajstić information content (AvgIpc) is 2.16. The van der Waals surface area contributed by atoms with Crippen LogP contribution in [0, 0.1) is 0 Å². The molecule has 0 aliphatic rings. The van der Waals surface area contributed by atoms with E-state index in [1.54, 1.807) is 0 Å². The summed E-state index contributed by atoms with van der Waals surface area (Å²) in [7, 11) is 0. The van der Waals surface area contributed by atoms with Gasteiger partial charge in [0.1, 0.15) is 10.9 Å². The Labute approximate surface area is 93.3 Å². The van der Waals surface area contributed by atoms with Gasteiger partial charge in [0.15, 0.2) is 0 Å². The van der Waals surface area contributed by atoms with Crippen LogP contribution < -0.4 is 0 Å². The number of fused-ring (bicyclic) bond motifs is 1. The third-order valence-electron chi connectivity index (χ3n) is 2.07. The first-order chi connectivity index (χ1) is 7.38. The lowest BCUT2D eigenvalue weighted by Gasteiger charge is -2.10. The van der Waals surface area contributed by atoms with Crippen molar-refractivity contribution in [3.8, 4) is 5.75 Å². The molecular weight excluding hydrogens is 243 g/mol. The van der Waals surface area contributed by atoms with E-state index in [9.17, 15) is 13.2 Å². The number of halogens is 4. The molecule has 1 N–H and O–H groups in total. The van der Waals surface area contributed by atoms with Crippen molar-refractivity contribution in [1.82, 2.24) is 4.98 Å². The number of rotatable bonds is 0. The van der Waals surface area contributed by atoms with Gasteiger partial charge in [-0.1, -0.05) is 11.6 Å². The SMILES string of the molecule is Oc1ccc2nc(Cl)cc(C(F)(F)F)c2c1. The zero-order valence-corrected chi connectivity index (χ0v) is 8.47. The minimum atomic E-state index is -4.53. The third-order valence-corrected chi connectivity index (χ3v) is 2.26. The lowest BCUT2D eigenvalue weighted by atomic mass is 10.1. The van der Waals surface area contributed by atoms with Crippen LogP contribution in [0.4, 0.5) is 13.2 Å². The van der Waals surface area contributed by atoms with E-state index >= 15 is 0 Å². The van der Waals surface area contributed by atoms with Crippen LogP contribution in [-0.4, -0.2) is 10.1 Å². The summed E-state index contributed by atoms with van der Waals surface area (Å²) >= 11 is 5.50. The average molecular weight is 248 g/mol. The molecule has 0 saturated carbocycles. The zero-order chi connectivity index (χ0) is 11.9. The standard InChI is InChI=1S/C10H5ClF3NO/c11-9-4-7(10(12,13)14)6-3-5(16)1-2-8(6)15-9/h1-4,16H. The van der Waals surface area contributed by atoms with E-state index in [1.807, 2.05) is 0 Å². The maximum Gasteiger partial charge on any atom is 0.417 e. The molecule has 0 amide bonds. The van der Waals surface area contributed by atoms with Gasteiger partial charge in [-0.2, -0.15) is 13.2 Å². The second kappa shape index (κ2) is 3.52. The molecule has 0 spiro atoms. The first kappa shape index (κ1) is 11.0. The molecule has 84 valence electrons. The summed E-state index contributed by atoms with van der Waals surface area (Å²) in [6.45, 7) is 0. The molecule has 1 aromatic carbocycles. The maximum atomic E-state index is 12.7.